The van der Waals surface area contributed by atoms with Crippen LogP contribution >= 0.6 is 11.9 Å². The fraction of sp³-hybridized carbons (Fsp3) is 1.00. The third-order valence-corrected chi connectivity index (χ3v) is 5.90. The van der Waals surface area contributed by atoms with Crippen molar-refractivity contribution in [3.63, 3.8) is 0 Å². The molecule has 0 radical (unpaired) electrons. The van der Waals surface area contributed by atoms with Gasteiger partial charge in [-0.25, -0.2) is 0 Å². The van der Waals surface area contributed by atoms with Crippen molar-refractivity contribution in [3.8, 4) is 0 Å². The molecule has 0 amide bonds. The first-order valence-electron chi connectivity index (χ1n) is 9.22. The molecule has 0 aromatic heterocycles. The Morgan fingerprint density at radius 3 is 1.76 bits per heavy atom. The molecule has 0 N–H and O–H groups in total. The summed E-state index contributed by atoms with van der Waals surface area (Å²) in [6.45, 7) is 18.7. The van der Waals surface area contributed by atoms with Gasteiger partial charge in [0, 0.05) is 24.4 Å². The first kappa shape index (κ1) is 19.3. The summed E-state index contributed by atoms with van der Waals surface area (Å²) in [4.78, 5) is 2.79. The Morgan fingerprint density at radius 1 is 0.810 bits per heavy atom. The van der Waals surface area contributed by atoms with Gasteiger partial charge in [0.05, 0.1) is 0 Å². The van der Waals surface area contributed by atoms with Crippen LogP contribution in [0.3, 0.4) is 0 Å². The van der Waals surface area contributed by atoms with Crippen LogP contribution in [0.4, 0.5) is 0 Å². The van der Waals surface area contributed by atoms with Gasteiger partial charge in [-0.1, -0.05) is 53.5 Å². The number of nitrogens with zero attached hydrogens (tertiary/aromatic N) is 2. The van der Waals surface area contributed by atoms with E-state index in [1.165, 1.54) is 51.9 Å². The Kier molecular flexibility index (Phi) is 9.31. The topological polar surface area (TPSA) is 6.48 Å². The quantitative estimate of drug-likeness (QED) is 0.681. The van der Waals surface area contributed by atoms with E-state index in [-0.39, 0.29) is 0 Å². The van der Waals surface area contributed by atoms with E-state index in [4.69, 9.17) is 0 Å². The summed E-state index contributed by atoms with van der Waals surface area (Å²) in [7, 11) is 0. The third-order valence-electron chi connectivity index (χ3n) is 4.82. The molecule has 0 aromatic rings. The van der Waals surface area contributed by atoms with E-state index in [0.717, 1.165) is 23.1 Å². The van der Waals surface area contributed by atoms with Crippen molar-refractivity contribution in [3.05, 3.63) is 0 Å². The van der Waals surface area contributed by atoms with E-state index in [2.05, 4.69) is 36.9 Å². The normalized spacial score (nSPS) is 23.4. The summed E-state index contributed by atoms with van der Waals surface area (Å²) in [6, 6.07) is 0.872. The molecule has 0 bridgehead atoms. The molecular weight excluding hydrogens is 276 g/mol. The zero-order valence-electron chi connectivity index (χ0n) is 15.3. The molecule has 0 spiro atoms. The highest BCUT2D eigenvalue weighted by Crippen LogP contribution is 2.29. The van der Waals surface area contributed by atoms with Crippen molar-refractivity contribution in [1.82, 2.24) is 9.21 Å². The zero-order chi connectivity index (χ0) is 15.8. The second kappa shape index (κ2) is 10.1. The second-order valence-electron chi connectivity index (χ2n) is 6.93. The van der Waals surface area contributed by atoms with Crippen LogP contribution in [0.2, 0.25) is 0 Å². The lowest BCUT2D eigenvalue weighted by atomic mass is 9.85. The van der Waals surface area contributed by atoms with E-state index in [0.29, 0.717) is 0 Å². The van der Waals surface area contributed by atoms with Gasteiger partial charge >= 0.3 is 0 Å². The lowest BCUT2D eigenvalue weighted by molar-refractivity contribution is 0.0870. The van der Waals surface area contributed by atoms with Crippen LogP contribution in [0, 0.1) is 11.8 Å². The van der Waals surface area contributed by atoms with E-state index in [1.807, 2.05) is 25.8 Å². The summed E-state index contributed by atoms with van der Waals surface area (Å²) in [5.74, 6) is 1.86. The van der Waals surface area contributed by atoms with Gasteiger partial charge in [-0.15, -0.1) is 0 Å². The Labute approximate surface area is 138 Å². The molecule has 0 aromatic carbocycles. The van der Waals surface area contributed by atoms with E-state index < -0.39 is 0 Å². The summed E-state index contributed by atoms with van der Waals surface area (Å²) < 4.78 is 2.59. The molecule has 0 aliphatic carbocycles. The smallest absolute Gasteiger partial charge is 0.0138 e. The lowest BCUT2D eigenvalue weighted by Crippen LogP contribution is -2.47. The first-order chi connectivity index (χ1) is 10.1. The van der Waals surface area contributed by atoms with E-state index in [1.54, 1.807) is 0 Å². The van der Waals surface area contributed by atoms with Crippen LogP contribution in [-0.2, 0) is 0 Å². The predicted octanol–water partition coefficient (Wildman–Crippen LogP) is 4.90. The molecule has 126 valence electrons. The van der Waals surface area contributed by atoms with Crippen LogP contribution in [0.25, 0.3) is 0 Å². The molecule has 21 heavy (non-hydrogen) atoms. The largest absolute Gasteiger partial charge is 0.300 e. The van der Waals surface area contributed by atoms with Gasteiger partial charge in [-0.2, -0.15) is 0 Å². The Bertz CT molecular complexity index is 252. The number of rotatable bonds is 4. The molecule has 0 atom stereocenters. The minimum absolute atomic E-state index is 0.735. The standard InChI is InChI=1S/C16H32N2S.C2H6/c1-13(2)15-5-9-17(10-6-15)16-7-11-18(12-8-16)19-14(3)4;1-2/h13-16H,5-12H2,1-4H3;1-2H3. The third kappa shape index (κ3) is 6.50. The molecule has 2 fully saturated rings. The predicted molar refractivity (Wildman–Crippen MR) is 97.8 cm³/mol. The molecule has 2 nitrogen and oxygen atoms in total. The van der Waals surface area contributed by atoms with Crippen LogP contribution in [0.1, 0.15) is 67.2 Å². The average Bonchev–Trinajstić information content (AvgIpc) is 2.49. The van der Waals surface area contributed by atoms with Crippen LogP contribution in [0.5, 0.6) is 0 Å². The van der Waals surface area contributed by atoms with Gasteiger partial charge in [-0.3, -0.25) is 4.31 Å². The Morgan fingerprint density at radius 2 is 1.33 bits per heavy atom. The molecule has 0 saturated carbocycles. The van der Waals surface area contributed by atoms with Crippen LogP contribution < -0.4 is 0 Å². The van der Waals surface area contributed by atoms with Gasteiger partial charge in [0.15, 0.2) is 0 Å². The maximum atomic E-state index is 2.79. The molecule has 3 heteroatoms. The molecular formula is C18H38N2S. The minimum Gasteiger partial charge on any atom is -0.300 e. The highest BCUT2D eigenvalue weighted by atomic mass is 32.2. The second-order valence-corrected chi connectivity index (χ2v) is 8.60. The monoisotopic (exact) mass is 314 g/mol. The van der Waals surface area contributed by atoms with Crippen molar-refractivity contribution in [1.29, 1.82) is 0 Å². The number of hydrogen-bond acceptors (Lipinski definition) is 3. The highest BCUT2D eigenvalue weighted by Gasteiger charge is 2.29. The maximum absolute atomic E-state index is 2.79. The first-order valence-corrected chi connectivity index (χ1v) is 10.1. The number of hydrogen-bond donors (Lipinski definition) is 0. The van der Waals surface area contributed by atoms with Gasteiger partial charge < -0.3 is 4.90 Å². The van der Waals surface area contributed by atoms with Gasteiger partial charge in [0.1, 0.15) is 0 Å². The highest BCUT2D eigenvalue weighted by molar-refractivity contribution is 7.97. The summed E-state index contributed by atoms with van der Waals surface area (Å²) in [5, 5.41) is 0.735. The van der Waals surface area contributed by atoms with E-state index >= 15 is 0 Å². The molecule has 2 rings (SSSR count). The minimum atomic E-state index is 0.735. The Hall–Kier alpha value is 0.270. The van der Waals surface area contributed by atoms with Crippen molar-refractivity contribution in [2.75, 3.05) is 26.2 Å². The van der Waals surface area contributed by atoms with Crippen molar-refractivity contribution < 1.29 is 0 Å². The summed E-state index contributed by atoms with van der Waals surface area (Å²) in [5.41, 5.74) is 0. The Balaban J connectivity index is 0.00000106. The van der Waals surface area contributed by atoms with Crippen molar-refractivity contribution >= 4 is 11.9 Å². The number of likely N-dealkylation sites (tertiary alicyclic amines) is 1. The van der Waals surface area contributed by atoms with Crippen LogP contribution in [-0.4, -0.2) is 46.7 Å². The molecule has 2 heterocycles. The lowest BCUT2D eigenvalue weighted by Gasteiger charge is -2.42. The number of piperidine rings is 2. The zero-order valence-corrected chi connectivity index (χ0v) is 16.1. The average molecular weight is 315 g/mol. The van der Waals surface area contributed by atoms with Gasteiger partial charge in [0.25, 0.3) is 0 Å². The maximum Gasteiger partial charge on any atom is 0.0138 e. The summed E-state index contributed by atoms with van der Waals surface area (Å²) in [6.07, 6.45) is 5.62. The summed E-state index contributed by atoms with van der Waals surface area (Å²) >= 11 is 2.04. The van der Waals surface area contributed by atoms with Crippen molar-refractivity contribution in [2.45, 2.75) is 78.5 Å². The van der Waals surface area contributed by atoms with Crippen LogP contribution in [0.15, 0.2) is 0 Å². The van der Waals surface area contributed by atoms with Gasteiger partial charge in [-0.05, 0) is 50.6 Å². The molecule has 2 saturated heterocycles. The van der Waals surface area contributed by atoms with E-state index in [9.17, 15) is 0 Å². The molecule has 0 unspecified atom stereocenters. The fourth-order valence-electron chi connectivity index (χ4n) is 3.56. The molecule has 2 aliphatic rings. The van der Waals surface area contributed by atoms with Crippen molar-refractivity contribution in [2.24, 2.45) is 11.8 Å². The SMILES string of the molecule is CC.CC(C)SN1CCC(N2CCC(C(C)C)CC2)CC1. The molecule has 2 aliphatic heterocycles. The van der Waals surface area contributed by atoms with Gasteiger partial charge in [0.2, 0.25) is 0 Å². The fourth-order valence-corrected chi connectivity index (χ4v) is 4.58.